The van der Waals surface area contributed by atoms with Crippen LogP contribution in [0.5, 0.6) is 0 Å². The Morgan fingerprint density at radius 1 is 1.67 bits per heavy atom. The maximum Gasteiger partial charge on any atom is 0.122 e. The first-order valence-electron chi connectivity index (χ1n) is 4.08. The van der Waals surface area contributed by atoms with Gasteiger partial charge in [-0.2, -0.15) is 16.6 Å². The quantitative estimate of drug-likeness (QED) is 0.769. The molecule has 1 heterocycles. The molecule has 1 fully saturated rings. The largest absolute Gasteiger partial charge is 0.295 e. The number of nitriles is 1. The van der Waals surface area contributed by atoms with Gasteiger partial charge in [0.05, 0.1) is 6.07 Å². The molecule has 0 amide bonds. The van der Waals surface area contributed by atoms with E-state index >= 15 is 0 Å². The van der Waals surface area contributed by atoms with Crippen molar-refractivity contribution in [2.45, 2.75) is 24.9 Å². The van der Waals surface area contributed by atoms with Gasteiger partial charge in [0.2, 0.25) is 0 Å². The standard InChI is InChI=1S/C9H10N2S/c10-5-9(11-8-1-2-8)7-3-4-12-6-7/h3-4,6,8-9,11H,1-2H2. The average Bonchev–Trinajstić information content (AvgIpc) is 2.74. The molecule has 1 aliphatic carbocycles. The van der Waals surface area contributed by atoms with Gasteiger partial charge in [-0.05, 0) is 35.2 Å². The predicted molar refractivity (Wildman–Crippen MR) is 48.8 cm³/mol. The summed E-state index contributed by atoms with van der Waals surface area (Å²) in [5.41, 5.74) is 1.11. The molecule has 0 bridgehead atoms. The molecule has 0 saturated heterocycles. The molecule has 1 unspecified atom stereocenters. The lowest BCUT2D eigenvalue weighted by Crippen LogP contribution is -2.21. The zero-order chi connectivity index (χ0) is 8.39. The molecule has 62 valence electrons. The topological polar surface area (TPSA) is 35.8 Å². The van der Waals surface area contributed by atoms with E-state index in [-0.39, 0.29) is 6.04 Å². The van der Waals surface area contributed by atoms with Crippen molar-refractivity contribution < 1.29 is 0 Å². The summed E-state index contributed by atoms with van der Waals surface area (Å²) in [6.07, 6.45) is 2.45. The van der Waals surface area contributed by atoms with E-state index in [4.69, 9.17) is 5.26 Å². The minimum absolute atomic E-state index is 0.0938. The molecule has 1 aromatic heterocycles. The SMILES string of the molecule is N#CC(NC1CC1)c1ccsc1. The molecule has 1 N–H and O–H groups in total. The molecule has 0 spiro atoms. The summed E-state index contributed by atoms with van der Waals surface area (Å²) in [5, 5.41) is 16.2. The third-order valence-electron chi connectivity index (χ3n) is 1.99. The number of nitrogens with zero attached hydrogens (tertiary/aromatic N) is 1. The van der Waals surface area contributed by atoms with Crippen LogP contribution in [0.3, 0.4) is 0 Å². The van der Waals surface area contributed by atoms with Crippen LogP contribution in [0.4, 0.5) is 0 Å². The second-order valence-corrected chi connectivity index (χ2v) is 3.84. The van der Waals surface area contributed by atoms with Gasteiger partial charge < -0.3 is 0 Å². The maximum atomic E-state index is 8.87. The Labute approximate surface area is 75.8 Å². The fourth-order valence-electron chi connectivity index (χ4n) is 1.13. The van der Waals surface area contributed by atoms with Crippen molar-refractivity contribution in [3.05, 3.63) is 22.4 Å². The van der Waals surface area contributed by atoms with Crippen LogP contribution in [0.15, 0.2) is 16.8 Å². The van der Waals surface area contributed by atoms with Crippen LogP contribution in [-0.4, -0.2) is 6.04 Å². The average molecular weight is 178 g/mol. The first kappa shape index (κ1) is 7.78. The van der Waals surface area contributed by atoms with Gasteiger partial charge in [-0.3, -0.25) is 5.32 Å². The highest BCUT2D eigenvalue weighted by Gasteiger charge is 2.25. The van der Waals surface area contributed by atoms with E-state index in [1.54, 1.807) is 11.3 Å². The number of hydrogen-bond acceptors (Lipinski definition) is 3. The Morgan fingerprint density at radius 3 is 3.00 bits per heavy atom. The molecule has 1 saturated carbocycles. The molecule has 1 atom stereocenters. The summed E-state index contributed by atoms with van der Waals surface area (Å²) in [4.78, 5) is 0. The summed E-state index contributed by atoms with van der Waals surface area (Å²) < 4.78 is 0. The molecule has 3 heteroatoms. The summed E-state index contributed by atoms with van der Waals surface area (Å²) in [6, 6.07) is 4.78. The summed E-state index contributed by atoms with van der Waals surface area (Å²) in [7, 11) is 0. The molecular formula is C9H10N2S. The lowest BCUT2D eigenvalue weighted by atomic mass is 10.2. The van der Waals surface area contributed by atoms with Crippen molar-refractivity contribution in [1.29, 1.82) is 5.26 Å². The lowest BCUT2D eigenvalue weighted by Gasteiger charge is -2.07. The van der Waals surface area contributed by atoms with Gasteiger partial charge in [0.25, 0.3) is 0 Å². The van der Waals surface area contributed by atoms with E-state index in [1.807, 2.05) is 16.8 Å². The monoisotopic (exact) mass is 178 g/mol. The van der Waals surface area contributed by atoms with Gasteiger partial charge in [-0.1, -0.05) is 0 Å². The second-order valence-electron chi connectivity index (χ2n) is 3.06. The van der Waals surface area contributed by atoms with E-state index in [2.05, 4.69) is 11.4 Å². The van der Waals surface area contributed by atoms with Crippen molar-refractivity contribution in [2.24, 2.45) is 0 Å². The van der Waals surface area contributed by atoms with Gasteiger partial charge >= 0.3 is 0 Å². The van der Waals surface area contributed by atoms with Crippen LogP contribution in [0.25, 0.3) is 0 Å². The van der Waals surface area contributed by atoms with Crippen LogP contribution in [0, 0.1) is 11.3 Å². The van der Waals surface area contributed by atoms with Crippen LogP contribution in [-0.2, 0) is 0 Å². The highest BCUT2D eigenvalue weighted by atomic mass is 32.1. The maximum absolute atomic E-state index is 8.87. The van der Waals surface area contributed by atoms with Crippen LogP contribution < -0.4 is 5.32 Å². The molecule has 1 aromatic rings. The summed E-state index contributed by atoms with van der Waals surface area (Å²) >= 11 is 1.64. The van der Waals surface area contributed by atoms with E-state index in [1.165, 1.54) is 12.8 Å². The Morgan fingerprint density at radius 2 is 2.50 bits per heavy atom. The zero-order valence-electron chi connectivity index (χ0n) is 6.66. The number of hydrogen-bond donors (Lipinski definition) is 1. The molecule has 0 aliphatic heterocycles. The first-order valence-corrected chi connectivity index (χ1v) is 5.02. The normalized spacial score (nSPS) is 18.6. The van der Waals surface area contributed by atoms with Crippen LogP contribution >= 0.6 is 11.3 Å². The Kier molecular flexibility index (Phi) is 2.11. The van der Waals surface area contributed by atoms with E-state index < -0.39 is 0 Å². The van der Waals surface area contributed by atoms with E-state index in [0.29, 0.717) is 6.04 Å². The van der Waals surface area contributed by atoms with Gasteiger partial charge in [0.15, 0.2) is 0 Å². The van der Waals surface area contributed by atoms with Crippen LogP contribution in [0.1, 0.15) is 24.4 Å². The third kappa shape index (κ3) is 1.66. The third-order valence-corrected chi connectivity index (χ3v) is 2.69. The molecule has 1 aliphatic rings. The Bertz CT molecular complexity index is 282. The number of nitrogens with one attached hydrogen (secondary N) is 1. The van der Waals surface area contributed by atoms with Crippen molar-refractivity contribution in [2.75, 3.05) is 0 Å². The zero-order valence-corrected chi connectivity index (χ0v) is 7.47. The summed E-state index contributed by atoms with van der Waals surface area (Å²) in [5.74, 6) is 0. The van der Waals surface area contributed by atoms with Gasteiger partial charge in [0, 0.05) is 6.04 Å². The fourth-order valence-corrected chi connectivity index (χ4v) is 1.82. The number of rotatable bonds is 3. The molecule has 0 radical (unpaired) electrons. The van der Waals surface area contributed by atoms with Crippen molar-refractivity contribution in [3.63, 3.8) is 0 Å². The number of thiophene rings is 1. The minimum atomic E-state index is -0.0938. The van der Waals surface area contributed by atoms with Gasteiger partial charge in [-0.25, -0.2) is 0 Å². The highest BCUT2D eigenvalue weighted by Crippen LogP contribution is 2.24. The molecular weight excluding hydrogens is 168 g/mol. The smallest absolute Gasteiger partial charge is 0.122 e. The fraction of sp³-hybridized carbons (Fsp3) is 0.444. The van der Waals surface area contributed by atoms with Crippen LogP contribution in [0.2, 0.25) is 0 Å². The van der Waals surface area contributed by atoms with Gasteiger partial charge in [-0.15, -0.1) is 0 Å². The van der Waals surface area contributed by atoms with Crippen molar-refractivity contribution >= 4 is 11.3 Å². The Hall–Kier alpha value is -0.850. The van der Waals surface area contributed by atoms with Gasteiger partial charge in [0.1, 0.15) is 6.04 Å². The van der Waals surface area contributed by atoms with Crippen molar-refractivity contribution in [1.82, 2.24) is 5.32 Å². The van der Waals surface area contributed by atoms with E-state index in [9.17, 15) is 0 Å². The molecule has 12 heavy (non-hydrogen) atoms. The lowest BCUT2D eigenvalue weighted by molar-refractivity contribution is 0.627. The molecule has 2 rings (SSSR count). The summed E-state index contributed by atoms with van der Waals surface area (Å²) in [6.45, 7) is 0. The van der Waals surface area contributed by atoms with Crippen molar-refractivity contribution in [3.8, 4) is 6.07 Å². The highest BCUT2D eigenvalue weighted by molar-refractivity contribution is 7.07. The second kappa shape index (κ2) is 3.26. The predicted octanol–water partition coefficient (Wildman–Crippen LogP) is 2.06. The minimum Gasteiger partial charge on any atom is -0.295 e. The molecule has 2 nitrogen and oxygen atoms in total. The first-order chi connectivity index (χ1) is 5.90. The Balaban J connectivity index is 2.03. The molecule has 0 aromatic carbocycles. The van der Waals surface area contributed by atoms with E-state index in [0.717, 1.165) is 5.56 Å².